The minimum Gasteiger partial charge on any atom is -0.496 e. The van der Waals surface area contributed by atoms with Crippen molar-refractivity contribution in [1.82, 2.24) is 10.6 Å². The van der Waals surface area contributed by atoms with Gasteiger partial charge in [-0.3, -0.25) is 4.79 Å². The largest absolute Gasteiger partial charge is 0.496 e. The van der Waals surface area contributed by atoms with Gasteiger partial charge in [0.25, 0.3) is 0 Å². The second kappa shape index (κ2) is 13.8. The van der Waals surface area contributed by atoms with Crippen molar-refractivity contribution in [3.63, 3.8) is 0 Å². The predicted octanol–water partition coefficient (Wildman–Crippen LogP) is 4.62. The van der Waals surface area contributed by atoms with Gasteiger partial charge in [-0.2, -0.15) is 0 Å². The van der Waals surface area contributed by atoms with Crippen molar-refractivity contribution in [3.8, 4) is 5.75 Å². The van der Waals surface area contributed by atoms with Crippen LogP contribution in [0.1, 0.15) is 43.4 Å². The molecule has 0 saturated carbocycles. The third kappa shape index (κ3) is 8.61. The van der Waals surface area contributed by atoms with Gasteiger partial charge in [0.2, 0.25) is 5.91 Å². The summed E-state index contributed by atoms with van der Waals surface area (Å²) in [5, 5.41) is 9.55. The van der Waals surface area contributed by atoms with Crippen molar-refractivity contribution in [2.75, 3.05) is 19.0 Å². The number of anilines is 1. The molecule has 6 nitrogen and oxygen atoms in total. The zero-order chi connectivity index (χ0) is 21.1. The lowest BCUT2D eigenvalue weighted by Crippen LogP contribution is -2.36. The zero-order valence-electron chi connectivity index (χ0n) is 18.2. The highest BCUT2D eigenvalue weighted by Crippen LogP contribution is 2.19. The quantitative estimate of drug-likeness (QED) is 0.255. The maximum atomic E-state index is 11.8. The second-order valence-electron chi connectivity index (χ2n) is 6.86. The van der Waals surface area contributed by atoms with Crippen molar-refractivity contribution in [3.05, 3.63) is 59.2 Å². The fraction of sp³-hybridized carbons (Fsp3) is 0.391. The zero-order valence-corrected chi connectivity index (χ0v) is 20.6. The summed E-state index contributed by atoms with van der Waals surface area (Å²) in [7, 11) is 1.68. The maximum Gasteiger partial charge on any atom is 0.224 e. The summed E-state index contributed by atoms with van der Waals surface area (Å²) in [6, 6.07) is 14.0. The molecule has 0 aromatic heterocycles. The van der Waals surface area contributed by atoms with Crippen LogP contribution in [0.15, 0.2) is 47.5 Å². The molecule has 2 rings (SSSR count). The third-order valence-electron chi connectivity index (χ3n) is 4.34. The molecule has 2 aromatic carbocycles. The van der Waals surface area contributed by atoms with Crippen molar-refractivity contribution >= 4 is 41.5 Å². The second-order valence-corrected chi connectivity index (χ2v) is 6.86. The number of carbonyl (C=O) groups excluding carboxylic acids is 1. The number of aliphatic imine (C=N–C) groups is 1. The Hall–Kier alpha value is -2.29. The number of carbonyl (C=O) groups is 1. The fourth-order valence-electron chi connectivity index (χ4n) is 2.89. The minimum absolute atomic E-state index is 0. The number of halogens is 1. The van der Waals surface area contributed by atoms with E-state index >= 15 is 0 Å². The van der Waals surface area contributed by atoms with E-state index < -0.39 is 0 Å². The number of methoxy groups -OCH3 is 1. The van der Waals surface area contributed by atoms with Crippen LogP contribution >= 0.6 is 24.0 Å². The highest BCUT2D eigenvalue weighted by molar-refractivity contribution is 14.0. The van der Waals surface area contributed by atoms with Crippen LogP contribution in [0.4, 0.5) is 5.69 Å². The summed E-state index contributed by atoms with van der Waals surface area (Å²) in [5.74, 6) is 1.63. The Bertz CT molecular complexity index is 840. The van der Waals surface area contributed by atoms with E-state index in [4.69, 9.17) is 4.74 Å². The predicted molar refractivity (Wildman–Crippen MR) is 135 cm³/mol. The van der Waals surface area contributed by atoms with E-state index in [1.165, 1.54) is 0 Å². The molecule has 0 bridgehead atoms. The average Bonchev–Trinajstić information content (AvgIpc) is 2.71. The van der Waals surface area contributed by atoms with Crippen LogP contribution in [0.3, 0.4) is 0 Å². The molecule has 0 aliphatic heterocycles. The highest BCUT2D eigenvalue weighted by atomic mass is 127. The minimum atomic E-state index is 0. The van der Waals surface area contributed by atoms with Gasteiger partial charge in [0.15, 0.2) is 5.96 Å². The van der Waals surface area contributed by atoms with Gasteiger partial charge in [-0.25, -0.2) is 4.99 Å². The van der Waals surface area contributed by atoms with E-state index in [2.05, 4.69) is 33.1 Å². The first-order chi connectivity index (χ1) is 14.0. The molecular weight excluding hydrogens is 491 g/mol. The van der Waals surface area contributed by atoms with E-state index in [1.54, 1.807) is 7.11 Å². The SMILES string of the molecule is CCCC(=O)Nc1cccc(CN=C(NCC)NCc2ccc(C)cc2OC)c1.I. The van der Waals surface area contributed by atoms with Crippen LogP contribution in [0, 0.1) is 6.92 Å². The number of nitrogens with one attached hydrogen (secondary N) is 3. The molecule has 3 N–H and O–H groups in total. The summed E-state index contributed by atoms with van der Waals surface area (Å²) in [6.07, 6.45) is 1.36. The molecule has 0 atom stereocenters. The molecule has 0 radical (unpaired) electrons. The van der Waals surface area contributed by atoms with Gasteiger partial charge < -0.3 is 20.7 Å². The number of hydrogen-bond acceptors (Lipinski definition) is 3. The lowest BCUT2D eigenvalue weighted by molar-refractivity contribution is -0.116. The van der Waals surface area contributed by atoms with Gasteiger partial charge in [-0.1, -0.05) is 31.2 Å². The number of aryl methyl sites for hydroxylation is 1. The number of amides is 1. The summed E-state index contributed by atoms with van der Waals surface area (Å²) in [5.41, 5.74) is 4.07. The Balaban J connectivity index is 0.00000450. The Labute approximate surface area is 196 Å². The summed E-state index contributed by atoms with van der Waals surface area (Å²) in [6.45, 7) is 7.97. The highest BCUT2D eigenvalue weighted by Gasteiger charge is 2.05. The number of benzene rings is 2. The Morgan fingerprint density at radius 1 is 1.10 bits per heavy atom. The molecule has 0 spiro atoms. The lowest BCUT2D eigenvalue weighted by Gasteiger charge is -2.14. The van der Waals surface area contributed by atoms with Crippen LogP contribution in [-0.4, -0.2) is 25.5 Å². The molecule has 1 amide bonds. The van der Waals surface area contributed by atoms with Crippen molar-refractivity contribution in [1.29, 1.82) is 0 Å². The van der Waals surface area contributed by atoms with Crippen LogP contribution in [-0.2, 0) is 17.9 Å². The van der Waals surface area contributed by atoms with Crippen molar-refractivity contribution in [2.45, 2.75) is 46.7 Å². The van der Waals surface area contributed by atoms with Crippen molar-refractivity contribution < 1.29 is 9.53 Å². The number of hydrogen-bond donors (Lipinski definition) is 3. The first kappa shape index (κ1) is 25.7. The van der Waals surface area contributed by atoms with Gasteiger partial charge in [-0.15, -0.1) is 24.0 Å². The summed E-state index contributed by atoms with van der Waals surface area (Å²) >= 11 is 0. The van der Waals surface area contributed by atoms with Crippen LogP contribution in [0.5, 0.6) is 5.75 Å². The third-order valence-corrected chi connectivity index (χ3v) is 4.34. The fourth-order valence-corrected chi connectivity index (χ4v) is 2.89. The molecule has 0 unspecified atom stereocenters. The first-order valence-corrected chi connectivity index (χ1v) is 10.1. The van der Waals surface area contributed by atoms with Gasteiger partial charge in [0.05, 0.1) is 13.7 Å². The smallest absolute Gasteiger partial charge is 0.224 e. The van der Waals surface area contributed by atoms with E-state index in [9.17, 15) is 4.79 Å². The van der Waals surface area contributed by atoms with Gasteiger partial charge in [0, 0.05) is 30.8 Å². The normalized spacial score (nSPS) is 10.7. The number of nitrogens with zero attached hydrogens (tertiary/aromatic N) is 1. The van der Waals surface area contributed by atoms with E-state index in [0.717, 1.165) is 47.1 Å². The Kier molecular flexibility index (Phi) is 11.9. The van der Waals surface area contributed by atoms with Crippen LogP contribution < -0.4 is 20.7 Å². The molecule has 0 aliphatic rings. The van der Waals surface area contributed by atoms with E-state index in [1.807, 2.05) is 51.1 Å². The molecule has 2 aromatic rings. The molecule has 0 fully saturated rings. The first-order valence-electron chi connectivity index (χ1n) is 10.1. The maximum absolute atomic E-state index is 11.8. The summed E-state index contributed by atoms with van der Waals surface area (Å²) in [4.78, 5) is 16.5. The molecule has 7 heteroatoms. The standard InChI is InChI=1S/C23H32N4O2.HI/c1-5-8-22(28)27-20-10-7-9-18(14-20)15-25-23(24-6-2)26-16-19-12-11-17(3)13-21(19)29-4;/h7,9-14H,5-6,8,15-16H2,1-4H3,(H,27,28)(H2,24,25,26);1H. The Morgan fingerprint density at radius 3 is 2.60 bits per heavy atom. The molecule has 0 saturated heterocycles. The number of guanidine groups is 1. The number of rotatable bonds is 9. The molecule has 0 aliphatic carbocycles. The number of ether oxygens (including phenoxy) is 1. The van der Waals surface area contributed by atoms with Crippen molar-refractivity contribution in [2.24, 2.45) is 4.99 Å². The van der Waals surface area contributed by atoms with Gasteiger partial charge >= 0.3 is 0 Å². The van der Waals surface area contributed by atoms with Gasteiger partial charge in [0.1, 0.15) is 5.75 Å². The average molecular weight is 524 g/mol. The summed E-state index contributed by atoms with van der Waals surface area (Å²) < 4.78 is 5.48. The monoisotopic (exact) mass is 524 g/mol. The molecule has 0 heterocycles. The van der Waals surface area contributed by atoms with E-state index in [0.29, 0.717) is 19.5 Å². The lowest BCUT2D eigenvalue weighted by atomic mass is 10.1. The molecular formula is C23H33IN4O2. The topological polar surface area (TPSA) is 74.8 Å². The molecule has 30 heavy (non-hydrogen) atoms. The van der Waals surface area contributed by atoms with E-state index in [-0.39, 0.29) is 29.9 Å². The van der Waals surface area contributed by atoms with Crippen LogP contribution in [0.2, 0.25) is 0 Å². The van der Waals surface area contributed by atoms with Gasteiger partial charge in [-0.05, 0) is 49.6 Å². The Morgan fingerprint density at radius 2 is 1.90 bits per heavy atom. The molecule has 164 valence electrons. The van der Waals surface area contributed by atoms with Crippen LogP contribution in [0.25, 0.3) is 0 Å².